The summed E-state index contributed by atoms with van der Waals surface area (Å²) >= 11 is 0. The monoisotopic (exact) mass is 672 g/mol. The predicted molar refractivity (Wildman–Crippen MR) is 201 cm³/mol. The summed E-state index contributed by atoms with van der Waals surface area (Å²) in [5, 5.41) is 24.2. The number of rotatable bonds is 7. The van der Waals surface area contributed by atoms with E-state index in [0.717, 1.165) is 82.6 Å². The first-order valence-corrected chi connectivity index (χ1v) is 17.8. The van der Waals surface area contributed by atoms with Crippen molar-refractivity contribution in [2.75, 3.05) is 23.4 Å². The molecule has 51 heavy (non-hydrogen) atoms. The Hall–Kier alpha value is -5.80. The molecule has 254 valence electrons. The van der Waals surface area contributed by atoms with Crippen LogP contribution in [0.1, 0.15) is 56.0 Å². The summed E-state index contributed by atoms with van der Waals surface area (Å²) in [6, 6.07) is 44.2. The second-order valence-electron chi connectivity index (χ2n) is 14.2. The molecule has 2 aliphatic rings. The van der Waals surface area contributed by atoms with Crippen molar-refractivity contribution in [3.05, 3.63) is 150 Å². The van der Waals surface area contributed by atoms with E-state index < -0.39 is 5.54 Å². The van der Waals surface area contributed by atoms with Crippen LogP contribution in [-0.2, 0) is 10.3 Å². The second kappa shape index (κ2) is 12.5. The van der Waals surface area contributed by atoms with Gasteiger partial charge in [0.2, 0.25) is 5.82 Å². The molecule has 5 aromatic carbocycles. The normalized spacial score (nSPS) is 17.2. The van der Waals surface area contributed by atoms with Gasteiger partial charge in [0, 0.05) is 35.3 Å². The molecule has 0 bridgehead atoms. The van der Waals surface area contributed by atoms with Gasteiger partial charge in [-0.15, -0.1) is 15.0 Å². The molecule has 1 N–H and O–H groups in total. The Morgan fingerprint density at radius 3 is 2.04 bits per heavy atom. The van der Waals surface area contributed by atoms with E-state index in [2.05, 4.69) is 143 Å². The van der Waals surface area contributed by atoms with Crippen LogP contribution < -0.4 is 10.2 Å². The van der Waals surface area contributed by atoms with Crippen molar-refractivity contribution < 1.29 is 4.74 Å². The Balaban J connectivity index is 1.10. The highest BCUT2D eigenvalue weighted by molar-refractivity contribution is 5.93. The molecule has 1 unspecified atom stereocenters. The third kappa shape index (κ3) is 5.45. The fourth-order valence-electron chi connectivity index (χ4n) is 7.81. The van der Waals surface area contributed by atoms with E-state index in [0.29, 0.717) is 5.82 Å². The molecule has 0 spiro atoms. The molecule has 0 aliphatic carbocycles. The van der Waals surface area contributed by atoms with Crippen LogP contribution in [0.4, 0.5) is 17.1 Å². The smallest absolute Gasteiger partial charge is 0.204 e. The summed E-state index contributed by atoms with van der Waals surface area (Å²) in [4.78, 5) is 4.17. The zero-order chi connectivity index (χ0) is 34.4. The molecule has 9 nitrogen and oxygen atoms in total. The van der Waals surface area contributed by atoms with Gasteiger partial charge in [-0.2, -0.15) is 5.10 Å². The number of hydrogen-bond acceptors (Lipinski definition) is 7. The maximum atomic E-state index is 6.12. The van der Waals surface area contributed by atoms with E-state index in [9.17, 15) is 0 Å². The van der Waals surface area contributed by atoms with Crippen LogP contribution in [0.3, 0.4) is 0 Å². The lowest BCUT2D eigenvalue weighted by Crippen LogP contribution is -2.46. The Labute approximate surface area is 297 Å². The maximum absolute atomic E-state index is 6.12. The highest BCUT2D eigenvalue weighted by Crippen LogP contribution is 2.43. The van der Waals surface area contributed by atoms with Gasteiger partial charge in [0.05, 0.1) is 23.1 Å². The molecule has 2 aliphatic heterocycles. The summed E-state index contributed by atoms with van der Waals surface area (Å²) in [6.07, 6.45) is 5.16. The number of benzene rings is 5. The number of tetrazole rings is 1. The van der Waals surface area contributed by atoms with Gasteiger partial charge in [-0.25, -0.2) is 4.68 Å². The molecule has 9 heteroatoms. The number of hydrogen-bond donors (Lipinski definition) is 1. The second-order valence-corrected chi connectivity index (χ2v) is 14.2. The number of nitrogens with one attached hydrogen (secondary N) is 1. The third-order valence-corrected chi connectivity index (χ3v) is 10.2. The molecule has 0 saturated carbocycles. The average Bonchev–Trinajstić information content (AvgIpc) is 3.84. The van der Waals surface area contributed by atoms with Crippen LogP contribution >= 0.6 is 0 Å². The first-order valence-electron chi connectivity index (χ1n) is 17.8. The average molecular weight is 673 g/mol. The standard InChI is InChI=1S/C42H40N8O/c1-41(2)29-48(38-27-37-31(26-36(38)44-41)28-43-49(37)39-20-12-13-25-51-39)35-23-21-30(22-24-35)40-45-47-50(46-40)42(32-14-6-3-7-15-32,33-16-8-4-9-17-33)34-18-10-5-11-19-34/h3-11,14-19,21-24,26-28,39,44H,12-13,20,25,29H2,1-2H3. The van der Waals surface area contributed by atoms with Gasteiger partial charge in [0.1, 0.15) is 0 Å². The zero-order valence-corrected chi connectivity index (χ0v) is 28.9. The number of fused-ring (bicyclic) bond motifs is 2. The zero-order valence-electron chi connectivity index (χ0n) is 28.9. The van der Waals surface area contributed by atoms with Crippen molar-refractivity contribution >= 4 is 28.0 Å². The van der Waals surface area contributed by atoms with Gasteiger partial charge in [-0.05, 0) is 91.4 Å². The topological polar surface area (TPSA) is 85.9 Å². The van der Waals surface area contributed by atoms with Crippen LogP contribution in [0, 0.1) is 0 Å². The van der Waals surface area contributed by atoms with Crippen LogP contribution in [-0.4, -0.2) is 48.7 Å². The Morgan fingerprint density at radius 1 is 0.784 bits per heavy atom. The number of nitrogens with zero attached hydrogens (tertiary/aromatic N) is 7. The number of anilines is 3. The molecule has 7 aromatic rings. The van der Waals surface area contributed by atoms with Gasteiger partial charge in [0.25, 0.3) is 0 Å². The molecule has 1 fully saturated rings. The minimum Gasteiger partial charge on any atom is -0.377 e. The summed E-state index contributed by atoms with van der Waals surface area (Å²) in [5.41, 5.74) is 7.45. The summed E-state index contributed by atoms with van der Waals surface area (Å²) < 4.78 is 8.19. The van der Waals surface area contributed by atoms with E-state index in [1.165, 1.54) is 0 Å². The van der Waals surface area contributed by atoms with Gasteiger partial charge in [-0.3, -0.25) is 0 Å². The first-order chi connectivity index (χ1) is 25.0. The van der Waals surface area contributed by atoms with E-state index in [-0.39, 0.29) is 11.8 Å². The minimum atomic E-state index is -0.828. The molecule has 0 amide bonds. The molecule has 4 heterocycles. The lowest BCUT2D eigenvalue weighted by Gasteiger charge is -2.42. The van der Waals surface area contributed by atoms with E-state index in [1.54, 1.807) is 4.80 Å². The quantitative estimate of drug-likeness (QED) is 0.170. The molecule has 0 radical (unpaired) electrons. The Bertz CT molecular complexity index is 2180. The van der Waals surface area contributed by atoms with Gasteiger partial charge in [-0.1, -0.05) is 91.0 Å². The Morgan fingerprint density at radius 2 is 1.43 bits per heavy atom. The molecule has 1 atom stereocenters. The summed E-state index contributed by atoms with van der Waals surface area (Å²) in [7, 11) is 0. The van der Waals surface area contributed by atoms with Crippen molar-refractivity contribution in [2.24, 2.45) is 0 Å². The third-order valence-electron chi connectivity index (χ3n) is 10.2. The van der Waals surface area contributed by atoms with E-state index in [1.807, 2.05) is 24.4 Å². The molecule has 9 rings (SSSR count). The Kier molecular flexibility index (Phi) is 7.65. The van der Waals surface area contributed by atoms with E-state index in [4.69, 9.17) is 20.1 Å². The molecular formula is C42H40N8O. The minimum absolute atomic E-state index is 0.0275. The highest BCUT2D eigenvalue weighted by Gasteiger charge is 2.41. The molecule has 2 aromatic heterocycles. The predicted octanol–water partition coefficient (Wildman–Crippen LogP) is 8.57. The van der Waals surface area contributed by atoms with Crippen molar-refractivity contribution in [1.82, 2.24) is 30.0 Å². The maximum Gasteiger partial charge on any atom is 0.204 e. The number of aromatic nitrogens is 6. The first kappa shape index (κ1) is 31.2. The van der Waals surface area contributed by atoms with Crippen molar-refractivity contribution in [2.45, 2.75) is 50.4 Å². The molecular weight excluding hydrogens is 633 g/mol. The molecule has 1 saturated heterocycles. The van der Waals surface area contributed by atoms with Gasteiger partial charge in [0.15, 0.2) is 11.8 Å². The van der Waals surface area contributed by atoms with Crippen LogP contribution in [0.5, 0.6) is 0 Å². The highest BCUT2D eigenvalue weighted by atomic mass is 16.5. The lowest BCUT2D eigenvalue weighted by molar-refractivity contribution is -0.0366. The van der Waals surface area contributed by atoms with Crippen molar-refractivity contribution in [1.29, 1.82) is 0 Å². The number of ether oxygens (including phenoxy) is 1. The van der Waals surface area contributed by atoms with E-state index >= 15 is 0 Å². The summed E-state index contributed by atoms with van der Waals surface area (Å²) in [5.74, 6) is 0.563. The van der Waals surface area contributed by atoms with Crippen LogP contribution in [0.2, 0.25) is 0 Å². The lowest BCUT2D eigenvalue weighted by atomic mass is 9.77. The fraction of sp³-hybridized carbons (Fsp3) is 0.238. The summed E-state index contributed by atoms with van der Waals surface area (Å²) in [6.45, 7) is 6.05. The van der Waals surface area contributed by atoms with Gasteiger partial charge < -0.3 is 15.0 Å². The van der Waals surface area contributed by atoms with Crippen LogP contribution in [0.25, 0.3) is 22.3 Å². The van der Waals surface area contributed by atoms with Crippen LogP contribution in [0.15, 0.2) is 134 Å². The van der Waals surface area contributed by atoms with Crippen molar-refractivity contribution in [3.63, 3.8) is 0 Å². The van der Waals surface area contributed by atoms with Gasteiger partial charge >= 0.3 is 0 Å². The SMILES string of the molecule is CC1(C)CN(c2ccc(-c3nnn(C(c4ccccc4)(c4ccccc4)c4ccccc4)n3)cc2)c2cc3c(cnn3C3CCCCO3)cc2N1. The fourth-order valence-corrected chi connectivity index (χ4v) is 7.81. The van der Waals surface area contributed by atoms with Crippen molar-refractivity contribution in [3.8, 4) is 11.4 Å². The largest absolute Gasteiger partial charge is 0.377 e.